The normalized spacial score (nSPS) is 9.80. The van der Waals surface area contributed by atoms with E-state index in [0.717, 1.165) is 5.56 Å². The van der Waals surface area contributed by atoms with Crippen LogP contribution in [0, 0.1) is 11.7 Å². The molecule has 0 saturated heterocycles. The summed E-state index contributed by atoms with van der Waals surface area (Å²) in [5.41, 5.74) is 0.898. The summed E-state index contributed by atoms with van der Waals surface area (Å²) < 4.78 is 12.4. The molecular formula is C8H7ClF. The maximum atomic E-state index is 12.4. The van der Waals surface area contributed by atoms with E-state index < -0.39 is 0 Å². The standard InChI is InChI=1S/C8H7ClF/c9-5-4-7-2-1-3-8(10)6-7/h1-3,5-6H,4H2. The molecule has 0 bridgehead atoms. The molecule has 2 heteroatoms. The van der Waals surface area contributed by atoms with E-state index in [9.17, 15) is 4.39 Å². The van der Waals surface area contributed by atoms with Gasteiger partial charge in [-0.05, 0) is 24.1 Å². The first-order valence-electron chi connectivity index (χ1n) is 2.99. The smallest absolute Gasteiger partial charge is 0.123 e. The van der Waals surface area contributed by atoms with Crippen molar-refractivity contribution in [3.63, 3.8) is 0 Å². The fraction of sp³-hybridized carbons (Fsp3) is 0.125. The van der Waals surface area contributed by atoms with Gasteiger partial charge in [0.1, 0.15) is 5.82 Å². The van der Waals surface area contributed by atoms with E-state index in [2.05, 4.69) is 0 Å². The van der Waals surface area contributed by atoms with Crippen molar-refractivity contribution in [1.82, 2.24) is 0 Å². The summed E-state index contributed by atoms with van der Waals surface area (Å²) in [6.45, 7) is 0. The zero-order valence-electron chi connectivity index (χ0n) is 5.35. The van der Waals surface area contributed by atoms with Crippen LogP contribution in [-0.2, 0) is 6.42 Å². The predicted molar refractivity (Wildman–Crippen MR) is 40.3 cm³/mol. The second-order valence-corrected chi connectivity index (χ2v) is 2.30. The van der Waals surface area contributed by atoms with E-state index in [1.165, 1.54) is 18.0 Å². The van der Waals surface area contributed by atoms with E-state index in [1.54, 1.807) is 6.07 Å². The number of halogens is 2. The minimum absolute atomic E-state index is 0.212. The van der Waals surface area contributed by atoms with Crippen molar-refractivity contribution in [2.45, 2.75) is 6.42 Å². The fourth-order valence-corrected chi connectivity index (χ4v) is 0.931. The zero-order chi connectivity index (χ0) is 7.40. The largest absolute Gasteiger partial charge is 0.207 e. The summed E-state index contributed by atoms with van der Waals surface area (Å²) in [6, 6.07) is 6.39. The first-order chi connectivity index (χ1) is 4.83. The molecule has 0 nitrogen and oxygen atoms in total. The van der Waals surface area contributed by atoms with Crippen LogP contribution in [0.2, 0.25) is 0 Å². The number of hydrogen-bond acceptors (Lipinski definition) is 0. The molecule has 1 rings (SSSR count). The number of rotatable bonds is 2. The second kappa shape index (κ2) is 3.57. The second-order valence-electron chi connectivity index (χ2n) is 1.99. The molecule has 53 valence electrons. The average Bonchev–Trinajstić information content (AvgIpc) is 1.88. The molecule has 0 aliphatic heterocycles. The van der Waals surface area contributed by atoms with Gasteiger partial charge < -0.3 is 0 Å². The Hall–Kier alpha value is -0.560. The molecule has 0 unspecified atom stereocenters. The van der Waals surface area contributed by atoms with Crippen LogP contribution in [-0.4, -0.2) is 0 Å². The molecule has 0 aliphatic rings. The van der Waals surface area contributed by atoms with Gasteiger partial charge in [0.15, 0.2) is 0 Å². The summed E-state index contributed by atoms with van der Waals surface area (Å²) in [4.78, 5) is 0. The van der Waals surface area contributed by atoms with Crippen LogP contribution in [0.15, 0.2) is 24.3 Å². The summed E-state index contributed by atoms with van der Waals surface area (Å²) in [5.74, 6) is 1.27. The Bertz CT molecular complexity index is 210. The Balaban J connectivity index is 2.75. The lowest BCUT2D eigenvalue weighted by Gasteiger charge is -1.94. The quantitative estimate of drug-likeness (QED) is 0.619. The van der Waals surface area contributed by atoms with Crippen LogP contribution in [0.25, 0.3) is 0 Å². The van der Waals surface area contributed by atoms with Gasteiger partial charge >= 0.3 is 0 Å². The predicted octanol–water partition coefficient (Wildman–Crippen LogP) is 2.77. The average molecular weight is 158 g/mol. The van der Waals surface area contributed by atoms with E-state index in [0.29, 0.717) is 6.42 Å². The minimum atomic E-state index is -0.212. The van der Waals surface area contributed by atoms with Crippen molar-refractivity contribution in [3.8, 4) is 0 Å². The third-order valence-corrected chi connectivity index (χ3v) is 1.36. The van der Waals surface area contributed by atoms with Gasteiger partial charge in [-0.25, -0.2) is 4.39 Å². The molecule has 1 aromatic carbocycles. The molecule has 1 aromatic rings. The molecule has 0 N–H and O–H groups in total. The summed E-state index contributed by atoms with van der Waals surface area (Å²) in [5, 5.41) is 0. The summed E-state index contributed by atoms with van der Waals surface area (Å²) >= 11 is 5.34. The first-order valence-corrected chi connectivity index (χ1v) is 3.43. The van der Waals surface area contributed by atoms with Gasteiger partial charge in [-0.1, -0.05) is 12.1 Å². The fourth-order valence-electron chi connectivity index (χ4n) is 0.753. The van der Waals surface area contributed by atoms with Crippen LogP contribution in [0.4, 0.5) is 4.39 Å². The Kier molecular flexibility index (Phi) is 2.69. The molecule has 0 aliphatic carbocycles. The van der Waals surface area contributed by atoms with Gasteiger partial charge in [0, 0.05) is 0 Å². The van der Waals surface area contributed by atoms with E-state index in [-0.39, 0.29) is 5.82 Å². The maximum Gasteiger partial charge on any atom is 0.123 e. The van der Waals surface area contributed by atoms with Gasteiger partial charge in [0.25, 0.3) is 0 Å². The van der Waals surface area contributed by atoms with Crippen molar-refractivity contribution in [3.05, 3.63) is 41.5 Å². The Morgan fingerprint density at radius 3 is 2.90 bits per heavy atom. The third-order valence-electron chi connectivity index (χ3n) is 1.20. The first kappa shape index (κ1) is 7.55. The van der Waals surface area contributed by atoms with E-state index in [1.807, 2.05) is 6.07 Å². The van der Waals surface area contributed by atoms with Gasteiger partial charge in [0.2, 0.25) is 0 Å². The summed E-state index contributed by atoms with van der Waals surface area (Å²) in [6.07, 6.45) is 0.610. The molecule has 0 spiro atoms. The van der Waals surface area contributed by atoms with Crippen molar-refractivity contribution >= 4 is 11.6 Å². The Morgan fingerprint density at radius 1 is 1.50 bits per heavy atom. The highest BCUT2D eigenvalue weighted by Crippen LogP contribution is 2.06. The Morgan fingerprint density at radius 2 is 2.30 bits per heavy atom. The Labute approximate surface area is 64.6 Å². The van der Waals surface area contributed by atoms with E-state index in [4.69, 9.17) is 11.6 Å². The van der Waals surface area contributed by atoms with Crippen LogP contribution < -0.4 is 0 Å². The molecule has 0 atom stereocenters. The molecule has 0 saturated carbocycles. The highest BCUT2D eigenvalue weighted by Gasteiger charge is 1.92. The number of hydrogen-bond donors (Lipinski definition) is 0. The lowest BCUT2D eigenvalue weighted by molar-refractivity contribution is 0.626. The van der Waals surface area contributed by atoms with Crippen LogP contribution in [0.5, 0.6) is 0 Å². The molecule has 10 heavy (non-hydrogen) atoms. The van der Waals surface area contributed by atoms with Gasteiger partial charge in [-0.15, -0.1) is 11.6 Å². The highest BCUT2D eigenvalue weighted by molar-refractivity contribution is 6.23. The molecule has 0 aromatic heterocycles. The van der Waals surface area contributed by atoms with Gasteiger partial charge in [-0.3, -0.25) is 0 Å². The van der Waals surface area contributed by atoms with Crippen LogP contribution >= 0.6 is 11.6 Å². The van der Waals surface area contributed by atoms with Crippen molar-refractivity contribution in [1.29, 1.82) is 0 Å². The lowest BCUT2D eigenvalue weighted by Crippen LogP contribution is -1.82. The maximum absolute atomic E-state index is 12.4. The van der Waals surface area contributed by atoms with Crippen molar-refractivity contribution < 1.29 is 4.39 Å². The topological polar surface area (TPSA) is 0 Å². The molecule has 0 fully saturated rings. The van der Waals surface area contributed by atoms with Crippen molar-refractivity contribution in [2.75, 3.05) is 0 Å². The SMILES string of the molecule is Fc1cccc(C[CH]Cl)c1. The van der Waals surface area contributed by atoms with Crippen molar-refractivity contribution in [2.24, 2.45) is 0 Å². The third kappa shape index (κ3) is 1.99. The minimum Gasteiger partial charge on any atom is -0.207 e. The molecule has 0 heterocycles. The number of benzene rings is 1. The molecule has 0 amide bonds. The zero-order valence-corrected chi connectivity index (χ0v) is 6.11. The molecule has 1 radical (unpaired) electrons. The molecular weight excluding hydrogens is 151 g/mol. The monoisotopic (exact) mass is 157 g/mol. The lowest BCUT2D eigenvalue weighted by atomic mass is 10.2. The van der Waals surface area contributed by atoms with Gasteiger partial charge in [0.05, 0.1) is 5.88 Å². The highest BCUT2D eigenvalue weighted by atomic mass is 35.5. The van der Waals surface area contributed by atoms with E-state index >= 15 is 0 Å². The van der Waals surface area contributed by atoms with Gasteiger partial charge in [-0.2, -0.15) is 0 Å². The van der Waals surface area contributed by atoms with Crippen LogP contribution in [0.1, 0.15) is 5.56 Å². The summed E-state index contributed by atoms with van der Waals surface area (Å²) in [7, 11) is 0. The van der Waals surface area contributed by atoms with Crippen LogP contribution in [0.3, 0.4) is 0 Å².